The van der Waals surface area contributed by atoms with Crippen LogP contribution in [-0.4, -0.2) is 38.7 Å². The molecule has 0 radical (unpaired) electrons. The molecule has 1 amide bonds. The highest BCUT2D eigenvalue weighted by Gasteiger charge is 2.24. The predicted octanol–water partition coefficient (Wildman–Crippen LogP) is 4.19. The van der Waals surface area contributed by atoms with Crippen molar-refractivity contribution in [1.29, 1.82) is 0 Å². The molecule has 0 aliphatic carbocycles. The molecule has 3 heterocycles. The van der Waals surface area contributed by atoms with Crippen molar-refractivity contribution < 1.29 is 9.53 Å². The molecule has 0 bridgehead atoms. The lowest BCUT2D eigenvalue weighted by atomic mass is 9.96. The van der Waals surface area contributed by atoms with Crippen LogP contribution in [0.25, 0.3) is 22.0 Å². The number of ether oxygens (including phenoxy) is 1. The Hall–Kier alpha value is -4.33. The number of benzene rings is 2. The summed E-state index contributed by atoms with van der Waals surface area (Å²) >= 11 is 0. The van der Waals surface area contributed by atoms with Gasteiger partial charge in [-0.25, -0.2) is 5.10 Å². The largest absolute Gasteiger partial charge is 0.457 e. The SMILES string of the molecule is C=CC(=O)N1CCC(Cn2cc(-c3ccc(Oc4ccccc4)cc3)c3c(N)n[nH]c(=O)c32)CC1. The fourth-order valence-electron chi connectivity index (χ4n) is 4.71. The summed E-state index contributed by atoms with van der Waals surface area (Å²) in [5.74, 6) is 2.06. The van der Waals surface area contributed by atoms with Crippen molar-refractivity contribution in [3.63, 3.8) is 0 Å². The van der Waals surface area contributed by atoms with Gasteiger partial charge in [-0.3, -0.25) is 9.59 Å². The molecular weight excluding hydrogens is 442 g/mol. The maximum absolute atomic E-state index is 12.8. The van der Waals surface area contributed by atoms with E-state index in [9.17, 15) is 9.59 Å². The van der Waals surface area contributed by atoms with Gasteiger partial charge < -0.3 is 19.9 Å². The molecule has 1 fully saturated rings. The Morgan fingerprint density at radius 3 is 2.49 bits per heavy atom. The third-order valence-corrected chi connectivity index (χ3v) is 6.53. The number of nitrogens with one attached hydrogen (secondary N) is 1. The summed E-state index contributed by atoms with van der Waals surface area (Å²) in [6.07, 6.45) is 5.06. The molecule has 0 spiro atoms. The molecule has 3 N–H and O–H groups in total. The van der Waals surface area contributed by atoms with E-state index < -0.39 is 0 Å². The fourth-order valence-corrected chi connectivity index (χ4v) is 4.71. The van der Waals surface area contributed by atoms with Gasteiger partial charge in [-0.15, -0.1) is 0 Å². The number of likely N-dealkylation sites (tertiary alicyclic amines) is 1. The number of anilines is 1. The van der Waals surface area contributed by atoms with Crippen LogP contribution in [0.2, 0.25) is 0 Å². The normalized spacial score (nSPS) is 14.2. The third kappa shape index (κ3) is 4.55. The van der Waals surface area contributed by atoms with Crippen molar-refractivity contribution in [2.75, 3.05) is 18.8 Å². The van der Waals surface area contributed by atoms with E-state index in [2.05, 4.69) is 16.8 Å². The van der Waals surface area contributed by atoms with Crippen molar-refractivity contribution >= 4 is 22.6 Å². The number of aromatic amines is 1. The zero-order valence-electron chi connectivity index (χ0n) is 19.3. The van der Waals surface area contributed by atoms with Gasteiger partial charge in [0.1, 0.15) is 17.0 Å². The second-order valence-electron chi connectivity index (χ2n) is 8.77. The van der Waals surface area contributed by atoms with Gasteiger partial charge in [-0.05, 0) is 54.7 Å². The molecule has 35 heavy (non-hydrogen) atoms. The van der Waals surface area contributed by atoms with Gasteiger partial charge in [0.15, 0.2) is 5.82 Å². The molecule has 1 aliphatic rings. The summed E-state index contributed by atoms with van der Waals surface area (Å²) in [5, 5.41) is 7.17. The van der Waals surface area contributed by atoms with Crippen LogP contribution in [-0.2, 0) is 11.3 Å². The quantitative estimate of drug-likeness (QED) is 0.412. The number of nitrogens with zero attached hydrogens (tertiary/aromatic N) is 3. The lowest BCUT2D eigenvalue weighted by Crippen LogP contribution is -2.38. The summed E-state index contributed by atoms with van der Waals surface area (Å²) in [6, 6.07) is 17.3. The van der Waals surface area contributed by atoms with Gasteiger partial charge in [0.05, 0.1) is 5.39 Å². The number of amides is 1. The standard InChI is InChI=1S/C27H27N5O3/c1-2-23(33)31-14-12-18(13-15-31)16-32-17-22(24-25(32)27(34)30-29-26(24)28)19-8-10-21(11-9-19)35-20-6-4-3-5-7-20/h2-11,17-18H,1,12-16H2,(H2,28,29)(H,30,34). The van der Waals surface area contributed by atoms with Crippen LogP contribution < -0.4 is 16.0 Å². The number of carbonyl (C=O) groups excluding carboxylic acids is 1. The number of nitrogens with two attached hydrogens (primary N) is 1. The first-order valence-corrected chi connectivity index (χ1v) is 11.6. The highest BCUT2D eigenvalue weighted by Crippen LogP contribution is 2.34. The van der Waals surface area contributed by atoms with E-state index in [-0.39, 0.29) is 17.3 Å². The molecule has 8 nitrogen and oxygen atoms in total. The molecule has 0 unspecified atom stereocenters. The Balaban J connectivity index is 1.44. The van der Waals surface area contributed by atoms with Crippen molar-refractivity contribution in [3.8, 4) is 22.6 Å². The van der Waals surface area contributed by atoms with Gasteiger partial charge in [0.25, 0.3) is 5.56 Å². The Morgan fingerprint density at radius 1 is 1.11 bits per heavy atom. The Morgan fingerprint density at radius 2 is 1.80 bits per heavy atom. The van der Waals surface area contributed by atoms with E-state index in [1.54, 1.807) is 0 Å². The van der Waals surface area contributed by atoms with Crippen LogP contribution in [0.15, 0.2) is 78.2 Å². The molecule has 8 heteroatoms. The molecule has 4 aromatic rings. The van der Waals surface area contributed by atoms with Crippen molar-refractivity contribution in [3.05, 3.63) is 83.8 Å². The van der Waals surface area contributed by atoms with Crippen molar-refractivity contribution in [2.24, 2.45) is 5.92 Å². The van der Waals surface area contributed by atoms with E-state index >= 15 is 0 Å². The Labute approximate surface area is 202 Å². The molecule has 5 rings (SSSR count). The molecule has 0 atom stereocenters. The summed E-state index contributed by atoms with van der Waals surface area (Å²) in [5.41, 5.74) is 8.24. The van der Waals surface area contributed by atoms with E-state index in [1.165, 1.54) is 6.08 Å². The second kappa shape index (κ2) is 9.50. The lowest BCUT2D eigenvalue weighted by Gasteiger charge is -2.31. The minimum absolute atomic E-state index is 0.0351. The summed E-state index contributed by atoms with van der Waals surface area (Å²) in [4.78, 5) is 26.5. The zero-order valence-corrected chi connectivity index (χ0v) is 19.3. The number of carbonyl (C=O) groups is 1. The topological polar surface area (TPSA) is 106 Å². The Bertz CT molecular complexity index is 1420. The highest BCUT2D eigenvalue weighted by molar-refractivity contribution is 6.01. The summed E-state index contributed by atoms with van der Waals surface area (Å²) in [6.45, 7) is 5.60. The van der Waals surface area contributed by atoms with Gasteiger partial charge in [0.2, 0.25) is 5.91 Å². The van der Waals surface area contributed by atoms with Crippen LogP contribution in [0.4, 0.5) is 5.82 Å². The monoisotopic (exact) mass is 469 g/mol. The number of aromatic nitrogens is 3. The minimum Gasteiger partial charge on any atom is -0.457 e. The second-order valence-corrected chi connectivity index (χ2v) is 8.77. The van der Waals surface area contributed by atoms with E-state index in [0.717, 1.165) is 29.7 Å². The van der Waals surface area contributed by atoms with Gasteiger partial charge in [-0.1, -0.05) is 36.9 Å². The number of para-hydroxylation sites is 1. The fraction of sp³-hybridized carbons (Fsp3) is 0.222. The molecule has 2 aromatic heterocycles. The molecule has 1 aliphatic heterocycles. The Kier molecular flexibility index (Phi) is 6.10. The van der Waals surface area contributed by atoms with Gasteiger partial charge >= 0.3 is 0 Å². The first kappa shape index (κ1) is 22.5. The number of hydrogen-bond donors (Lipinski definition) is 2. The number of H-pyrrole nitrogens is 1. The van der Waals surface area contributed by atoms with Crippen LogP contribution in [0, 0.1) is 5.92 Å². The van der Waals surface area contributed by atoms with E-state index in [1.807, 2.05) is 70.3 Å². The van der Waals surface area contributed by atoms with Crippen LogP contribution in [0.3, 0.4) is 0 Å². The molecule has 1 saturated heterocycles. The number of piperidine rings is 1. The van der Waals surface area contributed by atoms with Crippen molar-refractivity contribution in [2.45, 2.75) is 19.4 Å². The lowest BCUT2D eigenvalue weighted by molar-refractivity contribution is -0.127. The first-order valence-electron chi connectivity index (χ1n) is 11.6. The molecule has 2 aromatic carbocycles. The molecular formula is C27H27N5O3. The van der Waals surface area contributed by atoms with Gasteiger partial charge in [0, 0.05) is 31.4 Å². The van der Waals surface area contributed by atoms with Gasteiger partial charge in [-0.2, -0.15) is 5.10 Å². The van der Waals surface area contributed by atoms with Crippen LogP contribution >= 0.6 is 0 Å². The average Bonchev–Trinajstić information content (AvgIpc) is 3.27. The highest BCUT2D eigenvalue weighted by atomic mass is 16.5. The maximum atomic E-state index is 12.8. The number of nitrogen functional groups attached to an aromatic ring is 1. The summed E-state index contributed by atoms with van der Waals surface area (Å²) < 4.78 is 7.89. The predicted molar refractivity (Wildman–Crippen MR) is 136 cm³/mol. The first-order chi connectivity index (χ1) is 17.0. The zero-order chi connectivity index (χ0) is 24.4. The maximum Gasteiger partial charge on any atom is 0.288 e. The average molecular weight is 470 g/mol. The summed E-state index contributed by atoms with van der Waals surface area (Å²) in [7, 11) is 0. The van der Waals surface area contributed by atoms with Crippen molar-refractivity contribution in [1.82, 2.24) is 19.7 Å². The third-order valence-electron chi connectivity index (χ3n) is 6.53. The molecule has 178 valence electrons. The van der Waals surface area contributed by atoms with Crippen LogP contribution in [0.5, 0.6) is 11.5 Å². The minimum atomic E-state index is -0.274. The van der Waals surface area contributed by atoms with Crippen LogP contribution in [0.1, 0.15) is 12.8 Å². The van der Waals surface area contributed by atoms with E-state index in [0.29, 0.717) is 42.2 Å². The molecule has 0 saturated carbocycles. The number of hydrogen-bond acceptors (Lipinski definition) is 5. The van der Waals surface area contributed by atoms with E-state index in [4.69, 9.17) is 10.5 Å². The number of fused-ring (bicyclic) bond motifs is 1. The smallest absolute Gasteiger partial charge is 0.288 e. The number of rotatable bonds is 6.